The first-order chi connectivity index (χ1) is 1.73. The van der Waals surface area contributed by atoms with Gasteiger partial charge in [0.2, 0.25) is 0 Å². The molecule has 0 fully saturated rings. The van der Waals surface area contributed by atoms with E-state index in [0.29, 0.717) is 0 Å². The Labute approximate surface area is 49.6 Å². The summed E-state index contributed by atoms with van der Waals surface area (Å²) >= 11 is -3.11. The highest BCUT2D eigenvalue weighted by molar-refractivity contribution is 7.72. The second-order valence-corrected chi connectivity index (χ2v) is 0.612. The van der Waals surface area contributed by atoms with Crippen LogP contribution in [-0.2, 0) is 11.4 Å². The maximum atomic E-state index is 8.44. The number of hydrogen-bond acceptors (Lipinski definition) is 4. The van der Waals surface area contributed by atoms with E-state index in [-0.39, 0.29) is 23.9 Å². The minimum atomic E-state index is -3.11. The molecule has 0 heterocycles. The normalized spacial score (nSPS) is 4.38. The van der Waals surface area contributed by atoms with Crippen LogP contribution in [0.1, 0.15) is 0 Å². The second-order valence-electron chi connectivity index (χ2n) is 0.204. The molecule has 0 radical (unpaired) electrons. The summed E-state index contributed by atoms with van der Waals surface area (Å²) < 4.78 is 25.3. The van der Waals surface area contributed by atoms with Gasteiger partial charge in [-0.1, -0.05) is 0 Å². The van der Waals surface area contributed by atoms with E-state index in [1.54, 1.807) is 0 Å². The van der Waals surface area contributed by atoms with Gasteiger partial charge >= 0.3 is 0 Å². The van der Waals surface area contributed by atoms with Gasteiger partial charge in [0.1, 0.15) is 0 Å². The number of rotatable bonds is 0. The molecular weight excluding hydrogens is 138 g/mol. The van der Waals surface area contributed by atoms with Crippen molar-refractivity contribution in [3.63, 3.8) is 0 Å². The largest absolute Gasteiger partial charge is 0.870 e. The minimum Gasteiger partial charge on any atom is -0.870 e. The predicted molar refractivity (Wildman–Crippen MR) is 29.6 cm³/mol. The Morgan fingerprint density at radius 3 is 1.00 bits per heavy atom. The molecule has 0 aromatic rings. The van der Waals surface area contributed by atoms with Crippen LogP contribution in [-0.4, -0.2) is 18.8 Å². The van der Waals surface area contributed by atoms with Crippen molar-refractivity contribution in [2.75, 3.05) is 0 Å². The number of quaternary nitrogens is 3. The van der Waals surface area contributed by atoms with E-state index in [4.69, 9.17) is 13.3 Å². The van der Waals surface area contributed by atoms with Crippen molar-refractivity contribution in [1.29, 1.82) is 0 Å². The molecule has 0 aliphatic heterocycles. The summed E-state index contributed by atoms with van der Waals surface area (Å²) in [6.07, 6.45) is 0. The highest BCUT2D eigenvalue weighted by Crippen LogP contribution is 1.42. The molecule has 0 atom stereocenters. The first-order valence-corrected chi connectivity index (χ1v) is 1.50. The van der Waals surface area contributed by atoms with Crippen LogP contribution in [0, 0.1) is 0 Å². The fourth-order valence-electron chi connectivity index (χ4n) is 0. The molecule has 0 saturated carbocycles. The molecule has 0 aliphatic carbocycles. The first kappa shape index (κ1) is 44.6. The Morgan fingerprint density at radius 2 is 1.00 bits per heavy atom. The lowest BCUT2D eigenvalue weighted by molar-refractivity contribution is 0.419. The molecule has 0 amide bonds. The fraction of sp³-hybridized carbons (Fsp3) is 0. The molecule has 0 spiro atoms. The van der Waals surface area contributed by atoms with Crippen LogP contribution in [0.5, 0.6) is 0 Å². The van der Waals surface area contributed by atoms with Crippen LogP contribution in [0.2, 0.25) is 0 Å². The van der Waals surface area contributed by atoms with Gasteiger partial charge in [-0.05, 0) is 0 Å². The summed E-state index contributed by atoms with van der Waals surface area (Å²) in [6, 6.07) is 0. The average Bonchev–Trinajstić information content (AvgIpc) is 0.811. The van der Waals surface area contributed by atoms with Gasteiger partial charge in [0.25, 0.3) is 0 Å². The standard InChI is InChI=1S/3H3N.H2O3S.H2O/c;;;1-4(2)3;/h3*1H3;(H2,1,2,3);1H2. The Morgan fingerprint density at radius 1 is 1.00 bits per heavy atom. The summed E-state index contributed by atoms with van der Waals surface area (Å²) in [4.78, 5) is 0. The third kappa shape index (κ3) is 17600. The molecule has 8 heteroatoms. The highest BCUT2D eigenvalue weighted by Gasteiger charge is 1.20. The maximum Gasteiger partial charge on any atom is -0.142 e. The van der Waals surface area contributed by atoms with Crippen LogP contribution in [0.25, 0.3) is 0 Å². The average molecular weight is 151 g/mol. The molecule has 0 saturated heterocycles. The summed E-state index contributed by atoms with van der Waals surface area (Å²) in [5.41, 5.74) is 0. The SMILES string of the molecule is O=S([O-])[O-].[NH4+].[NH4+].[NH4+].[OH-]. The van der Waals surface area contributed by atoms with E-state index in [2.05, 4.69) is 0 Å². The van der Waals surface area contributed by atoms with Gasteiger partial charge in [-0.15, -0.1) is 11.4 Å². The summed E-state index contributed by atoms with van der Waals surface area (Å²) in [6.45, 7) is 0. The van der Waals surface area contributed by atoms with E-state index in [9.17, 15) is 0 Å². The Balaban J connectivity index is -0.00000000750. The lowest BCUT2D eigenvalue weighted by Gasteiger charge is -2.03. The van der Waals surface area contributed by atoms with E-state index < -0.39 is 11.4 Å². The lowest BCUT2D eigenvalue weighted by atomic mass is 14.0. The molecule has 0 aliphatic rings. The molecule has 0 bridgehead atoms. The molecule has 0 aromatic heterocycles. The van der Waals surface area contributed by atoms with Crippen molar-refractivity contribution >= 4 is 11.4 Å². The number of hydrogen-bond donors (Lipinski definition) is 3. The summed E-state index contributed by atoms with van der Waals surface area (Å²) in [5.74, 6) is 0. The van der Waals surface area contributed by atoms with Crippen LogP contribution >= 0.6 is 0 Å². The Bertz CT molecular complexity index is 34.3. The van der Waals surface area contributed by atoms with E-state index in [1.807, 2.05) is 0 Å². The third-order valence-electron chi connectivity index (χ3n) is 0. The van der Waals surface area contributed by atoms with E-state index in [0.717, 1.165) is 0 Å². The Kier molecular flexibility index (Phi) is 159. The van der Waals surface area contributed by atoms with Gasteiger partial charge in [-0.25, -0.2) is 0 Å². The molecule has 58 valence electrons. The van der Waals surface area contributed by atoms with Gasteiger partial charge in [0.15, 0.2) is 0 Å². The van der Waals surface area contributed by atoms with Crippen molar-refractivity contribution in [1.82, 2.24) is 18.5 Å². The Hall–Kier alpha value is -0.0900. The third-order valence-corrected chi connectivity index (χ3v) is 0. The van der Waals surface area contributed by atoms with Crippen molar-refractivity contribution in [2.24, 2.45) is 0 Å². The van der Waals surface area contributed by atoms with Crippen molar-refractivity contribution in [3.05, 3.63) is 0 Å². The van der Waals surface area contributed by atoms with Crippen LogP contribution in [0.3, 0.4) is 0 Å². The van der Waals surface area contributed by atoms with Crippen LogP contribution in [0.15, 0.2) is 0 Å². The van der Waals surface area contributed by atoms with Crippen molar-refractivity contribution in [2.45, 2.75) is 0 Å². The first-order valence-electron chi connectivity index (χ1n) is 0.500. The van der Waals surface area contributed by atoms with Crippen LogP contribution < -0.4 is 18.5 Å². The monoisotopic (exact) mass is 151 g/mol. The molecule has 8 heavy (non-hydrogen) atoms. The molecular formula is H13N3O4S. The van der Waals surface area contributed by atoms with Crippen molar-refractivity contribution < 1.29 is 18.8 Å². The maximum absolute atomic E-state index is 8.44. The second kappa shape index (κ2) is 28.5. The van der Waals surface area contributed by atoms with Crippen LogP contribution in [0.4, 0.5) is 0 Å². The molecule has 0 rings (SSSR count). The summed E-state index contributed by atoms with van der Waals surface area (Å²) in [7, 11) is 0. The van der Waals surface area contributed by atoms with Gasteiger partial charge in [-0.2, -0.15) is 0 Å². The van der Waals surface area contributed by atoms with E-state index >= 15 is 0 Å². The zero-order chi connectivity index (χ0) is 3.58. The highest BCUT2D eigenvalue weighted by atomic mass is 32.2. The quantitative estimate of drug-likeness (QED) is 0.407. The van der Waals surface area contributed by atoms with E-state index in [1.165, 1.54) is 0 Å². The molecule has 0 aromatic carbocycles. The molecule has 7 nitrogen and oxygen atoms in total. The topological polar surface area (TPSA) is 203 Å². The van der Waals surface area contributed by atoms with Gasteiger partial charge < -0.3 is 33.0 Å². The van der Waals surface area contributed by atoms with Gasteiger partial charge in [0, 0.05) is 0 Å². The molecule has 0 unspecified atom stereocenters. The zero-order valence-corrected chi connectivity index (χ0v) is 5.90. The fourth-order valence-corrected chi connectivity index (χ4v) is 0. The minimum absolute atomic E-state index is 0. The summed E-state index contributed by atoms with van der Waals surface area (Å²) in [5, 5.41) is 0. The lowest BCUT2D eigenvalue weighted by Crippen LogP contribution is -1.76. The zero-order valence-electron chi connectivity index (χ0n) is 5.08. The van der Waals surface area contributed by atoms with Gasteiger partial charge in [-0.3, -0.25) is 4.21 Å². The van der Waals surface area contributed by atoms with Gasteiger partial charge in [0.05, 0.1) is 0 Å². The van der Waals surface area contributed by atoms with Crippen molar-refractivity contribution in [3.8, 4) is 0 Å². The smallest absolute Gasteiger partial charge is 0.142 e. The predicted octanol–water partition coefficient (Wildman–Crippen LogP) is -0.0523. The molecule has 13 N–H and O–H groups in total.